The van der Waals surface area contributed by atoms with Crippen LogP contribution >= 0.6 is 0 Å². The monoisotopic (exact) mass is 246 g/mol. The van der Waals surface area contributed by atoms with Crippen molar-refractivity contribution in [2.45, 2.75) is 31.1 Å². The summed E-state index contributed by atoms with van der Waals surface area (Å²) in [5, 5.41) is 18.7. The smallest absolute Gasteiger partial charge is 0.298 e. The number of aromatic hydroxyl groups is 2. The summed E-state index contributed by atoms with van der Waals surface area (Å²) in [5.74, 6) is -1.41. The Labute approximate surface area is 94.1 Å². The van der Waals surface area contributed by atoms with E-state index >= 15 is 0 Å². The average Bonchev–Trinajstić information content (AvgIpc) is 2.05. The molecule has 0 atom stereocenters. The molecule has 3 N–H and O–H groups in total. The summed E-state index contributed by atoms with van der Waals surface area (Å²) in [7, 11) is -4.55. The van der Waals surface area contributed by atoms with Crippen molar-refractivity contribution in [1.82, 2.24) is 0 Å². The van der Waals surface area contributed by atoms with Gasteiger partial charge in [-0.1, -0.05) is 20.8 Å². The summed E-state index contributed by atoms with van der Waals surface area (Å²) in [6.45, 7) is 5.44. The fourth-order valence-corrected chi connectivity index (χ4v) is 1.85. The van der Waals surface area contributed by atoms with Gasteiger partial charge in [0, 0.05) is 0 Å². The van der Waals surface area contributed by atoms with E-state index in [0.717, 1.165) is 6.07 Å². The fourth-order valence-electron chi connectivity index (χ4n) is 1.22. The van der Waals surface area contributed by atoms with Gasteiger partial charge in [0.25, 0.3) is 10.1 Å². The predicted molar refractivity (Wildman–Crippen MR) is 58.3 cm³/mol. The largest absolute Gasteiger partial charge is 0.504 e. The minimum Gasteiger partial charge on any atom is -0.504 e. The van der Waals surface area contributed by atoms with Gasteiger partial charge in [-0.2, -0.15) is 8.42 Å². The van der Waals surface area contributed by atoms with Crippen LogP contribution in [0.5, 0.6) is 11.5 Å². The maximum absolute atomic E-state index is 11.0. The molecule has 0 spiro atoms. The summed E-state index contributed by atoms with van der Waals surface area (Å²) in [6, 6.07) is 2.41. The Bertz CT molecular complexity index is 511. The summed E-state index contributed by atoms with van der Waals surface area (Å²) in [5.41, 5.74) is 0.0837. The zero-order valence-corrected chi connectivity index (χ0v) is 10.0. The van der Waals surface area contributed by atoms with E-state index in [1.807, 2.05) is 20.8 Å². The van der Waals surface area contributed by atoms with E-state index < -0.39 is 31.9 Å². The molecule has 0 aromatic heterocycles. The molecular formula is C10H14O5S. The molecule has 1 aromatic rings. The second-order valence-corrected chi connectivity index (χ2v) is 5.96. The maximum Gasteiger partial charge on any atom is 0.298 e. The SMILES string of the molecule is CC(C)(C)c1cc(O)c(O)c(S(=O)(=O)O)c1. The minimum atomic E-state index is -4.55. The minimum absolute atomic E-state index is 0.412. The second kappa shape index (κ2) is 3.64. The highest BCUT2D eigenvalue weighted by molar-refractivity contribution is 7.86. The van der Waals surface area contributed by atoms with Gasteiger partial charge in [0.15, 0.2) is 11.5 Å². The van der Waals surface area contributed by atoms with Crippen molar-refractivity contribution in [1.29, 1.82) is 0 Å². The van der Waals surface area contributed by atoms with Crippen molar-refractivity contribution in [3.05, 3.63) is 17.7 Å². The molecule has 0 bridgehead atoms. The van der Waals surface area contributed by atoms with Crippen molar-refractivity contribution < 1.29 is 23.2 Å². The molecule has 0 aliphatic rings. The van der Waals surface area contributed by atoms with E-state index in [1.54, 1.807) is 0 Å². The number of rotatable bonds is 1. The third kappa shape index (κ3) is 2.45. The molecule has 0 amide bonds. The number of hydrogen-bond acceptors (Lipinski definition) is 4. The normalized spacial score (nSPS) is 12.8. The van der Waals surface area contributed by atoms with E-state index in [-0.39, 0.29) is 0 Å². The van der Waals surface area contributed by atoms with Gasteiger partial charge in [-0.25, -0.2) is 0 Å². The second-order valence-electron chi connectivity index (χ2n) is 4.57. The highest BCUT2D eigenvalue weighted by Crippen LogP contribution is 2.37. The molecule has 1 rings (SSSR count). The van der Waals surface area contributed by atoms with E-state index in [2.05, 4.69) is 0 Å². The molecule has 0 saturated heterocycles. The molecule has 0 aliphatic heterocycles. The van der Waals surface area contributed by atoms with Gasteiger partial charge >= 0.3 is 0 Å². The van der Waals surface area contributed by atoms with Crippen LogP contribution in [0.2, 0.25) is 0 Å². The summed E-state index contributed by atoms with van der Waals surface area (Å²) in [6.07, 6.45) is 0. The van der Waals surface area contributed by atoms with Crippen molar-refractivity contribution in [3.63, 3.8) is 0 Å². The molecule has 5 nitrogen and oxygen atoms in total. The van der Waals surface area contributed by atoms with Crippen molar-refractivity contribution in [2.75, 3.05) is 0 Å². The van der Waals surface area contributed by atoms with Crippen LogP contribution in [-0.2, 0) is 15.5 Å². The Balaban J connectivity index is 3.59. The first-order chi connectivity index (χ1) is 7.03. The third-order valence-electron chi connectivity index (χ3n) is 2.20. The lowest BCUT2D eigenvalue weighted by atomic mass is 9.87. The van der Waals surface area contributed by atoms with Gasteiger partial charge in [-0.15, -0.1) is 0 Å². The Kier molecular flexibility index (Phi) is 2.91. The van der Waals surface area contributed by atoms with Crippen molar-refractivity contribution in [2.24, 2.45) is 0 Å². The summed E-state index contributed by atoms with van der Waals surface area (Å²) >= 11 is 0. The zero-order valence-electron chi connectivity index (χ0n) is 9.22. The lowest BCUT2D eigenvalue weighted by Crippen LogP contribution is -2.12. The zero-order chi connectivity index (χ0) is 12.7. The predicted octanol–water partition coefficient (Wildman–Crippen LogP) is 1.64. The number of phenols is 2. The van der Waals surface area contributed by atoms with Crippen LogP contribution in [0, 0.1) is 0 Å². The molecule has 0 heterocycles. The molecular weight excluding hydrogens is 232 g/mol. The number of hydrogen-bond donors (Lipinski definition) is 3. The van der Waals surface area contributed by atoms with Crippen LogP contribution in [-0.4, -0.2) is 23.2 Å². The van der Waals surface area contributed by atoms with Crippen molar-refractivity contribution in [3.8, 4) is 11.5 Å². The first kappa shape index (κ1) is 12.8. The lowest BCUT2D eigenvalue weighted by molar-refractivity contribution is 0.386. The van der Waals surface area contributed by atoms with Gasteiger partial charge in [-0.3, -0.25) is 4.55 Å². The van der Waals surface area contributed by atoms with Crippen LogP contribution in [0.25, 0.3) is 0 Å². The van der Waals surface area contributed by atoms with E-state index in [9.17, 15) is 18.6 Å². The van der Waals surface area contributed by atoms with Crippen LogP contribution < -0.4 is 0 Å². The average molecular weight is 246 g/mol. The molecule has 16 heavy (non-hydrogen) atoms. The molecule has 6 heteroatoms. The fraction of sp³-hybridized carbons (Fsp3) is 0.400. The summed E-state index contributed by atoms with van der Waals surface area (Å²) < 4.78 is 30.8. The van der Waals surface area contributed by atoms with Crippen LogP contribution in [0.1, 0.15) is 26.3 Å². The van der Waals surface area contributed by atoms with Gasteiger partial charge in [0.05, 0.1) is 0 Å². The van der Waals surface area contributed by atoms with Gasteiger partial charge in [0.1, 0.15) is 4.90 Å². The highest BCUT2D eigenvalue weighted by atomic mass is 32.2. The van der Waals surface area contributed by atoms with Crippen LogP contribution in [0.3, 0.4) is 0 Å². The Morgan fingerprint density at radius 1 is 1.12 bits per heavy atom. The molecule has 0 fully saturated rings. The van der Waals surface area contributed by atoms with E-state index in [0.29, 0.717) is 5.56 Å². The Morgan fingerprint density at radius 2 is 1.62 bits per heavy atom. The van der Waals surface area contributed by atoms with Gasteiger partial charge in [-0.05, 0) is 23.1 Å². The van der Waals surface area contributed by atoms with Crippen molar-refractivity contribution >= 4 is 10.1 Å². The molecule has 0 radical (unpaired) electrons. The molecule has 0 aliphatic carbocycles. The quantitative estimate of drug-likeness (QED) is 0.517. The lowest BCUT2D eigenvalue weighted by Gasteiger charge is -2.20. The van der Waals surface area contributed by atoms with Crippen LogP contribution in [0.15, 0.2) is 17.0 Å². The standard InChI is InChI=1S/C10H14O5S/c1-10(2,3)6-4-7(11)9(12)8(5-6)16(13,14)15/h4-5,11-12H,1-3H3,(H,13,14,15). The van der Waals surface area contributed by atoms with E-state index in [4.69, 9.17) is 4.55 Å². The van der Waals surface area contributed by atoms with Crippen LogP contribution in [0.4, 0.5) is 0 Å². The highest BCUT2D eigenvalue weighted by Gasteiger charge is 2.24. The maximum atomic E-state index is 11.0. The molecule has 0 saturated carbocycles. The van der Waals surface area contributed by atoms with E-state index in [1.165, 1.54) is 6.07 Å². The molecule has 1 aromatic carbocycles. The first-order valence-corrected chi connectivity index (χ1v) is 6.01. The molecule has 90 valence electrons. The topological polar surface area (TPSA) is 94.8 Å². The Hall–Kier alpha value is -1.27. The number of phenolic OH excluding ortho intramolecular Hbond substituents is 2. The summed E-state index contributed by atoms with van der Waals surface area (Å²) in [4.78, 5) is -0.683. The first-order valence-electron chi connectivity index (χ1n) is 4.57. The Morgan fingerprint density at radius 3 is 2.00 bits per heavy atom. The number of benzene rings is 1. The molecule has 0 unspecified atom stereocenters. The van der Waals surface area contributed by atoms with Gasteiger partial charge < -0.3 is 10.2 Å². The van der Waals surface area contributed by atoms with Gasteiger partial charge in [0.2, 0.25) is 0 Å². The third-order valence-corrected chi connectivity index (χ3v) is 3.07.